The van der Waals surface area contributed by atoms with Crippen molar-refractivity contribution in [3.8, 4) is 0 Å². The van der Waals surface area contributed by atoms with Crippen molar-refractivity contribution in [3.63, 3.8) is 0 Å². The van der Waals surface area contributed by atoms with Crippen LogP contribution in [0.4, 0.5) is 0 Å². The summed E-state index contributed by atoms with van der Waals surface area (Å²) in [5, 5.41) is 58.9. The lowest BCUT2D eigenvalue weighted by Crippen LogP contribution is -2.61. The first-order valence-corrected chi connectivity index (χ1v) is 19.3. The quantitative estimate of drug-likeness (QED) is 0.0493. The number of amides is 7. The van der Waals surface area contributed by atoms with Crippen LogP contribution in [0.2, 0.25) is 0 Å². The van der Waals surface area contributed by atoms with Gasteiger partial charge in [-0.1, -0.05) is 27.7 Å². The number of hydrogen-bond acceptors (Lipinski definition) is 13. The lowest BCUT2D eigenvalue weighted by molar-refractivity contribution is -0.146. The number of aliphatic hydroxyl groups excluding tert-OH is 2. The van der Waals surface area contributed by atoms with Gasteiger partial charge < -0.3 is 67.7 Å². The van der Waals surface area contributed by atoms with Gasteiger partial charge in [0.25, 0.3) is 0 Å². The number of likely N-dealkylation sites (tertiary alicyclic amines) is 2. The van der Waals surface area contributed by atoms with Crippen molar-refractivity contribution in [2.75, 3.05) is 19.7 Å². The molecule has 0 aromatic heterocycles. The van der Waals surface area contributed by atoms with E-state index in [4.69, 9.17) is 15.9 Å². The Morgan fingerprint density at radius 1 is 0.627 bits per heavy atom. The van der Waals surface area contributed by atoms with Crippen LogP contribution < -0.4 is 32.3 Å². The number of nitrogens with zero attached hydrogens (tertiary/aromatic N) is 2. The molecule has 0 radical (unpaired) electrons. The molecule has 2 rings (SSSR count). The number of carbonyl (C=O) groups excluding carboxylic acids is 7. The minimum atomic E-state index is -1.78. The standard InChI is InChI=1S/C36H58N8O15/c1-16(2)12-21(34(56)43-10-6-8-23(43)31(53)38-20(14-26(49)50)30(52)40-22(15-45)36(58)59)39-33(55)27(17(3)4)41-32(54)24-9-7-11-44(24)35(57)28(18(5)46)42-29(51)19(37)13-25(47)48/h16-24,27-28,45-46H,6-15,37H2,1-5H3,(H,38,53)(H,39,55)(H,40,52)(H,41,54)(H,42,51)(H,47,48)(H,49,50)(H,58,59)/t18-,19+,20+,21+,22+,23+,24+,27+,28+/m1/s1. The molecule has 0 aromatic carbocycles. The van der Waals surface area contributed by atoms with Crippen LogP contribution in [0.15, 0.2) is 0 Å². The molecule has 0 aliphatic carbocycles. The van der Waals surface area contributed by atoms with E-state index in [0.29, 0.717) is 12.8 Å². The van der Waals surface area contributed by atoms with Crippen LogP contribution in [0.3, 0.4) is 0 Å². The van der Waals surface area contributed by atoms with Gasteiger partial charge in [-0.2, -0.15) is 0 Å². The molecule has 59 heavy (non-hydrogen) atoms. The summed E-state index contributed by atoms with van der Waals surface area (Å²) in [5.74, 6) is -11.3. The lowest BCUT2D eigenvalue weighted by Gasteiger charge is -2.33. The Labute approximate surface area is 340 Å². The van der Waals surface area contributed by atoms with Gasteiger partial charge in [-0.15, -0.1) is 0 Å². The maximum absolute atomic E-state index is 14.1. The maximum atomic E-state index is 14.1. The molecule has 12 N–H and O–H groups in total. The van der Waals surface area contributed by atoms with Crippen molar-refractivity contribution in [2.45, 2.75) is 134 Å². The summed E-state index contributed by atoms with van der Waals surface area (Å²) in [6.45, 7) is 7.13. The van der Waals surface area contributed by atoms with Crippen LogP contribution in [0.5, 0.6) is 0 Å². The number of carbonyl (C=O) groups is 10. The Morgan fingerprint density at radius 3 is 1.59 bits per heavy atom. The molecule has 23 heteroatoms. The highest BCUT2D eigenvalue weighted by Gasteiger charge is 2.43. The van der Waals surface area contributed by atoms with E-state index in [9.17, 15) is 63.3 Å². The van der Waals surface area contributed by atoms with E-state index in [1.165, 1.54) is 11.8 Å². The average molecular weight is 843 g/mol. The van der Waals surface area contributed by atoms with E-state index in [1.54, 1.807) is 27.7 Å². The normalized spacial score (nSPS) is 20.0. The third kappa shape index (κ3) is 14.4. The second kappa shape index (κ2) is 22.7. The number of aliphatic hydroxyl groups is 2. The van der Waals surface area contributed by atoms with Gasteiger partial charge in [-0.25, -0.2) is 4.79 Å². The second-order valence-corrected chi connectivity index (χ2v) is 15.5. The molecule has 2 saturated heterocycles. The van der Waals surface area contributed by atoms with Gasteiger partial charge in [0.2, 0.25) is 41.4 Å². The van der Waals surface area contributed by atoms with Crippen LogP contribution in [0, 0.1) is 11.8 Å². The fraction of sp³-hybridized carbons (Fsp3) is 0.722. The largest absolute Gasteiger partial charge is 0.481 e. The van der Waals surface area contributed by atoms with E-state index in [-0.39, 0.29) is 38.3 Å². The van der Waals surface area contributed by atoms with Crippen molar-refractivity contribution >= 4 is 59.3 Å². The SMILES string of the molecule is CC(C)C[C@H](NC(=O)[C@@H](NC(=O)[C@@H]1CCCN1C(=O)[C@@H](NC(=O)[C@@H](N)CC(=O)O)[C@@H](C)O)C(C)C)C(=O)N1CCC[C@H]1C(=O)N[C@@H](CC(=O)O)C(=O)N[C@@H](CO)C(=O)O. The van der Waals surface area contributed by atoms with Gasteiger partial charge in [0.15, 0.2) is 0 Å². The molecule has 0 spiro atoms. The van der Waals surface area contributed by atoms with E-state index in [0.717, 1.165) is 4.90 Å². The molecule has 332 valence electrons. The summed E-state index contributed by atoms with van der Waals surface area (Å²) in [7, 11) is 0. The fourth-order valence-electron chi connectivity index (χ4n) is 6.76. The van der Waals surface area contributed by atoms with Crippen LogP contribution >= 0.6 is 0 Å². The molecule has 7 amide bonds. The smallest absolute Gasteiger partial charge is 0.328 e. The Morgan fingerprint density at radius 2 is 1.14 bits per heavy atom. The topological polar surface area (TPSA) is 364 Å². The zero-order chi connectivity index (χ0) is 44.9. The van der Waals surface area contributed by atoms with E-state index in [1.807, 2.05) is 5.32 Å². The number of nitrogens with two attached hydrogens (primary N) is 1. The maximum Gasteiger partial charge on any atom is 0.328 e. The Balaban J connectivity index is 2.25. The molecule has 2 heterocycles. The molecule has 2 aliphatic heterocycles. The molecule has 2 aliphatic rings. The fourth-order valence-corrected chi connectivity index (χ4v) is 6.76. The van der Waals surface area contributed by atoms with Gasteiger partial charge in [0, 0.05) is 13.1 Å². The summed E-state index contributed by atoms with van der Waals surface area (Å²) in [4.78, 5) is 130. The molecular weight excluding hydrogens is 784 g/mol. The lowest BCUT2D eigenvalue weighted by atomic mass is 9.99. The molecular formula is C36H58N8O15. The van der Waals surface area contributed by atoms with Gasteiger partial charge >= 0.3 is 17.9 Å². The first-order chi connectivity index (χ1) is 27.5. The Hall–Kier alpha value is -5.42. The van der Waals surface area contributed by atoms with Crippen molar-refractivity contribution in [2.24, 2.45) is 17.6 Å². The summed E-state index contributed by atoms with van der Waals surface area (Å²) in [6, 6.07) is -11.4. The third-order valence-corrected chi connectivity index (χ3v) is 9.83. The van der Waals surface area contributed by atoms with Gasteiger partial charge in [-0.05, 0) is 50.9 Å². The number of nitrogens with one attached hydrogen (secondary N) is 5. The minimum Gasteiger partial charge on any atom is -0.481 e. The Kier molecular flexibility index (Phi) is 19.1. The number of rotatable bonds is 22. The highest BCUT2D eigenvalue weighted by Crippen LogP contribution is 2.23. The average Bonchev–Trinajstić information content (AvgIpc) is 3.83. The summed E-state index contributed by atoms with van der Waals surface area (Å²) < 4.78 is 0. The predicted molar refractivity (Wildman–Crippen MR) is 202 cm³/mol. The van der Waals surface area contributed by atoms with E-state index in [2.05, 4.69) is 21.3 Å². The van der Waals surface area contributed by atoms with Crippen LogP contribution in [0.25, 0.3) is 0 Å². The van der Waals surface area contributed by atoms with Gasteiger partial charge in [0.1, 0.15) is 42.3 Å². The van der Waals surface area contributed by atoms with Crippen LogP contribution in [-0.4, -0.2) is 169 Å². The molecule has 0 saturated carbocycles. The van der Waals surface area contributed by atoms with Crippen molar-refractivity contribution < 1.29 is 73.5 Å². The Bertz CT molecular complexity index is 1590. The highest BCUT2D eigenvalue weighted by atomic mass is 16.4. The summed E-state index contributed by atoms with van der Waals surface area (Å²) >= 11 is 0. The third-order valence-electron chi connectivity index (χ3n) is 9.83. The molecule has 0 unspecified atom stereocenters. The number of hydrogen-bond donors (Lipinski definition) is 11. The van der Waals surface area contributed by atoms with E-state index >= 15 is 0 Å². The zero-order valence-electron chi connectivity index (χ0n) is 33.7. The molecule has 23 nitrogen and oxygen atoms in total. The molecule has 9 atom stereocenters. The number of carboxylic acids is 3. The zero-order valence-corrected chi connectivity index (χ0v) is 33.7. The first-order valence-electron chi connectivity index (χ1n) is 19.3. The summed E-state index contributed by atoms with van der Waals surface area (Å²) in [5.41, 5.74) is 5.61. The second-order valence-electron chi connectivity index (χ2n) is 15.5. The molecule has 2 fully saturated rings. The van der Waals surface area contributed by atoms with Crippen molar-refractivity contribution in [1.29, 1.82) is 0 Å². The van der Waals surface area contributed by atoms with Crippen LogP contribution in [-0.2, 0) is 47.9 Å². The summed E-state index contributed by atoms with van der Waals surface area (Å²) in [6.07, 6.45) is -2.13. The number of aliphatic carboxylic acids is 3. The first kappa shape index (κ1) is 49.7. The minimum absolute atomic E-state index is 0.0536. The van der Waals surface area contributed by atoms with Gasteiger partial charge in [0.05, 0.1) is 31.6 Å². The van der Waals surface area contributed by atoms with Gasteiger partial charge in [-0.3, -0.25) is 43.2 Å². The predicted octanol–water partition coefficient (Wildman–Crippen LogP) is -4.17. The van der Waals surface area contributed by atoms with Crippen molar-refractivity contribution in [1.82, 2.24) is 36.4 Å². The highest BCUT2D eigenvalue weighted by molar-refractivity contribution is 5.98. The molecule has 0 aromatic rings. The van der Waals surface area contributed by atoms with Crippen molar-refractivity contribution in [3.05, 3.63) is 0 Å². The van der Waals surface area contributed by atoms with Crippen LogP contribution in [0.1, 0.15) is 79.6 Å². The number of carboxylic acid groups (broad SMARTS) is 3. The molecule has 0 bridgehead atoms. The monoisotopic (exact) mass is 842 g/mol. The van der Waals surface area contributed by atoms with E-state index < -0.39 is 139 Å².